The van der Waals surface area contributed by atoms with E-state index in [1.165, 1.54) is 26.1 Å². The van der Waals surface area contributed by atoms with Gasteiger partial charge in [-0.25, -0.2) is 0 Å². The van der Waals surface area contributed by atoms with Crippen LogP contribution in [-0.2, 0) is 0 Å². The number of hydrogen-bond acceptors (Lipinski definition) is 3. The number of nitrogens with one attached hydrogen (secondary N) is 2. The van der Waals surface area contributed by atoms with Gasteiger partial charge in [0, 0.05) is 19.6 Å². The first-order chi connectivity index (χ1) is 5.83. The molecule has 3 heteroatoms. The normalized spacial score (nSPS) is 23.8. The quantitative estimate of drug-likeness (QED) is 0.597. The van der Waals surface area contributed by atoms with Gasteiger partial charge in [-0.15, -0.1) is 0 Å². The Morgan fingerprint density at radius 2 is 2.42 bits per heavy atom. The average Bonchev–Trinajstić information content (AvgIpc) is 2.53. The van der Waals surface area contributed by atoms with Crippen molar-refractivity contribution in [2.75, 3.05) is 46.8 Å². The van der Waals surface area contributed by atoms with Crippen LogP contribution < -0.4 is 10.6 Å². The standard InChI is InChI=1S/C9H21N3/c1-10-5-6-12(2)8-9-3-4-11-7-9/h9-11H,3-8H2,1-2H3. The molecule has 1 rings (SSSR count). The molecule has 0 saturated carbocycles. The maximum atomic E-state index is 3.39. The molecule has 0 spiro atoms. The lowest BCUT2D eigenvalue weighted by Gasteiger charge is -2.19. The van der Waals surface area contributed by atoms with E-state index in [9.17, 15) is 0 Å². The van der Waals surface area contributed by atoms with Crippen LogP contribution in [0.15, 0.2) is 0 Å². The summed E-state index contributed by atoms with van der Waals surface area (Å²) < 4.78 is 0. The topological polar surface area (TPSA) is 27.3 Å². The molecule has 1 heterocycles. The molecular formula is C9H21N3. The van der Waals surface area contributed by atoms with Gasteiger partial charge in [0.1, 0.15) is 0 Å². The molecule has 0 aromatic rings. The molecule has 72 valence electrons. The van der Waals surface area contributed by atoms with Crippen molar-refractivity contribution < 1.29 is 0 Å². The summed E-state index contributed by atoms with van der Waals surface area (Å²) in [5.74, 6) is 0.881. The van der Waals surface area contributed by atoms with Crippen molar-refractivity contribution in [3.8, 4) is 0 Å². The molecule has 0 radical (unpaired) electrons. The molecule has 2 N–H and O–H groups in total. The molecule has 1 unspecified atom stereocenters. The fourth-order valence-electron chi connectivity index (χ4n) is 1.70. The van der Waals surface area contributed by atoms with E-state index in [2.05, 4.69) is 22.6 Å². The Morgan fingerprint density at radius 3 is 3.00 bits per heavy atom. The highest BCUT2D eigenvalue weighted by molar-refractivity contribution is 4.73. The molecule has 1 aliphatic heterocycles. The van der Waals surface area contributed by atoms with Crippen molar-refractivity contribution in [2.45, 2.75) is 6.42 Å². The molecule has 1 saturated heterocycles. The molecule has 12 heavy (non-hydrogen) atoms. The van der Waals surface area contributed by atoms with Crippen LogP contribution in [0.2, 0.25) is 0 Å². The second-order valence-corrected chi connectivity index (χ2v) is 3.72. The fraction of sp³-hybridized carbons (Fsp3) is 1.00. The monoisotopic (exact) mass is 171 g/mol. The minimum absolute atomic E-state index is 0.881. The molecule has 1 aliphatic rings. The lowest BCUT2D eigenvalue weighted by atomic mass is 10.1. The summed E-state index contributed by atoms with van der Waals surface area (Å²) in [7, 11) is 4.21. The number of rotatable bonds is 5. The van der Waals surface area contributed by atoms with E-state index < -0.39 is 0 Å². The summed E-state index contributed by atoms with van der Waals surface area (Å²) in [6.07, 6.45) is 1.35. The second kappa shape index (κ2) is 5.51. The van der Waals surface area contributed by atoms with Crippen LogP contribution in [0, 0.1) is 5.92 Å². The maximum Gasteiger partial charge on any atom is 0.0104 e. The minimum atomic E-state index is 0.881. The summed E-state index contributed by atoms with van der Waals surface area (Å²) in [6.45, 7) is 5.92. The van der Waals surface area contributed by atoms with Crippen LogP contribution in [0.4, 0.5) is 0 Å². The van der Waals surface area contributed by atoms with Crippen molar-refractivity contribution in [2.24, 2.45) is 5.92 Å². The van der Waals surface area contributed by atoms with Gasteiger partial charge in [-0.1, -0.05) is 0 Å². The first kappa shape index (κ1) is 9.96. The first-order valence-corrected chi connectivity index (χ1v) is 4.87. The van der Waals surface area contributed by atoms with Crippen LogP contribution in [0.3, 0.4) is 0 Å². The van der Waals surface area contributed by atoms with Gasteiger partial charge < -0.3 is 15.5 Å². The van der Waals surface area contributed by atoms with Gasteiger partial charge in [-0.3, -0.25) is 0 Å². The fourth-order valence-corrected chi connectivity index (χ4v) is 1.70. The summed E-state index contributed by atoms with van der Waals surface area (Å²) in [4.78, 5) is 2.41. The van der Waals surface area contributed by atoms with Crippen LogP contribution >= 0.6 is 0 Å². The van der Waals surface area contributed by atoms with Gasteiger partial charge in [-0.05, 0) is 39.5 Å². The van der Waals surface area contributed by atoms with Crippen LogP contribution in [0.1, 0.15) is 6.42 Å². The highest BCUT2D eigenvalue weighted by atomic mass is 15.1. The van der Waals surface area contributed by atoms with Gasteiger partial charge in [0.15, 0.2) is 0 Å². The average molecular weight is 171 g/mol. The summed E-state index contributed by atoms with van der Waals surface area (Å²) >= 11 is 0. The van der Waals surface area contributed by atoms with Gasteiger partial charge in [0.2, 0.25) is 0 Å². The number of nitrogens with zero attached hydrogens (tertiary/aromatic N) is 1. The zero-order chi connectivity index (χ0) is 8.81. The molecule has 3 nitrogen and oxygen atoms in total. The van der Waals surface area contributed by atoms with E-state index in [1.54, 1.807) is 0 Å². The number of hydrogen-bond donors (Lipinski definition) is 2. The van der Waals surface area contributed by atoms with Crippen LogP contribution in [0.25, 0.3) is 0 Å². The predicted octanol–water partition coefficient (Wildman–Crippen LogP) is -0.253. The van der Waals surface area contributed by atoms with Crippen LogP contribution in [-0.4, -0.2) is 51.7 Å². The van der Waals surface area contributed by atoms with E-state index in [-0.39, 0.29) is 0 Å². The molecule has 0 amide bonds. The van der Waals surface area contributed by atoms with Gasteiger partial charge in [0.25, 0.3) is 0 Å². The molecule has 1 atom stereocenters. The molecule has 1 fully saturated rings. The van der Waals surface area contributed by atoms with E-state index in [1.807, 2.05) is 7.05 Å². The van der Waals surface area contributed by atoms with E-state index >= 15 is 0 Å². The zero-order valence-corrected chi connectivity index (χ0v) is 8.27. The Bertz CT molecular complexity index is 110. The number of likely N-dealkylation sites (N-methyl/N-ethyl adjacent to an activating group) is 2. The Hall–Kier alpha value is -0.120. The molecule has 0 aromatic heterocycles. The third-order valence-corrected chi connectivity index (χ3v) is 2.48. The van der Waals surface area contributed by atoms with Crippen molar-refractivity contribution in [1.82, 2.24) is 15.5 Å². The van der Waals surface area contributed by atoms with Gasteiger partial charge in [-0.2, -0.15) is 0 Å². The predicted molar refractivity (Wildman–Crippen MR) is 52.4 cm³/mol. The highest BCUT2D eigenvalue weighted by Gasteiger charge is 2.15. The Kier molecular flexibility index (Phi) is 4.58. The van der Waals surface area contributed by atoms with E-state index in [4.69, 9.17) is 0 Å². The van der Waals surface area contributed by atoms with Gasteiger partial charge in [0.05, 0.1) is 0 Å². The molecule has 0 aromatic carbocycles. The Morgan fingerprint density at radius 1 is 1.58 bits per heavy atom. The van der Waals surface area contributed by atoms with E-state index in [0.29, 0.717) is 0 Å². The van der Waals surface area contributed by atoms with E-state index in [0.717, 1.165) is 19.0 Å². The maximum absolute atomic E-state index is 3.39. The second-order valence-electron chi connectivity index (χ2n) is 3.72. The highest BCUT2D eigenvalue weighted by Crippen LogP contribution is 2.07. The third-order valence-electron chi connectivity index (χ3n) is 2.48. The Balaban J connectivity index is 2.03. The van der Waals surface area contributed by atoms with Crippen molar-refractivity contribution >= 4 is 0 Å². The van der Waals surface area contributed by atoms with Crippen molar-refractivity contribution in [3.63, 3.8) is 0 Å². The molecule has 0 aliphatic carbocycles. The Labute approximate surface area is 75.5 Å². The summed E-state index contributed by atoms with van der Waals surface area (Å²) in [6, 6.07) is 0. The minimum Gasteiger partial charge on any atom is -0.318 e. The lowest BCUT2D eigenvalue weighted by molar-refractivity contribution is 0.287. The smallest absolute Gasteiger partial charge is 0.0104 e. The summed E-state index contributed by atoms with van der Waals surface area (Å²) in [5, 5.41) is 6.56. The van der Waals surface area contributed by atoms with Crippen molar-refractivity contribution in [3.05, 3.63) is 0 Å². The third kappa shape index (κ3) is 3.52. The van der Waals surface area contributed by atoms with Crippen molar-refractivity contribution in [1.29, 1.82) is 0 Å². The SMILES string of the molecule is CNCCN(C)CC1CCNC1. The summed E-state index contributed by atoms with van der Waals surface area (Å²) in [5.41, 5.74) is 0. The molecule has 0 bridgehead atoms. The van der Waals surface area contributed by atoms with Crippen LogP contribution in [0.5, 0.6) is 0 Å². The zero-order valence-electron chi connectivity index (χ0n) is 8.27. The molecular weight excluding hydrogens is 150 g/mol. The largest absolute Gasteiger partial charge is 0.318 e. The first-order valence-electron chi connectivity index (χ1n) is 4.87. The lowest BCUT2D eigenvalue weighted by Crippen LogP contribution is -2.32. The van der Waals surface area contributed by atoms with Gasteiger partial charge >= 0.3 is 0 Å².